The number of nitrogens with one attached hydrogen (secondary N) is 1. The molecule has 0 aliphatic carbocycles. The molecular formula is C20H21F2N3O4. The van der Waals surface area contributed by atoms with Crippen molar-refractivity contribution in [2.24, 2.45) is 11.7 Å². The molecule has 7 nitrogen and oxygen atoms in total. The maximum atomic E-state index is 14.2. The summed E-state index contributed by atoms with van der Waals surface area (Å²) in [6.07, 6.45) is 0.0444. The highest BCUT2D eigenvalue weighted by atomic mass is 19.2. The number of benzene rings is 1. The van der Waals surface area contributed by atoms with Crippen molar-refractivity contribution >= 4 is 17.5 Å². The van der Waals surface area contributed by atoms with Gasteiger partial charge in [0.15, 0.2) is 11.6 Å². The summed E-state index contributed by atoms with van der Waals surface area (Å²) in [7, 11) is 1.24. The van der Waals surface area contributed by atoms with Crippen LogP contribution in [0.4, 0.5) is 14.5 Å². The Morgan fingerprint density at radius 3 is 2.62 bits per heavy atom. The number of rotatable bonds is 5. The van der Waals surface area contributed by atoms with Gasteiger partial charge in [-0.15, -0.1) is 0 Å². The van der Waals surface area contributed by atoms with Crippen molar-refractivity contribution in [1.29, 1.82) is 0 Å². The fourth-order valence-corrected chi connectivity index (χ4v) is 3.55. The lowest BCUT2D eigenvalue weighted by atomic mass is 9.82. The van der Waals surface area contributed by atoms with Crippen LogP contribution in [-0.2, 0) is 9.53 Å². The summed E-state index contributed by atoms with van der Waals surface area (Å²) in [5.41, 5.74) is 5.86. The minimum absolute atomic E-state index is 0.00398. The van der Waals surface area contributed by atoms with Crippen molar-refractivity contribution in [3.8, 4) is 5.75 Å². The normalized spacial score (nSPS) is 23.6. The predicted molar refractivity (Wildman–Crippen MR) is 101 cm³/mol. The SMILES string of the molecule is COc1c([C@@H]2[C@@H](C)[C@H](C)O[C@H]2C(=O)Nc2ccnc(C(N)=O)c2)ccc(F)c1F. The van der Waals surface area contributed by atoms with Gasteiger partial charge in [0.05, 0.1) is 13.2 Å². The first kappa shape index (κ1) is 20.7. The van der Waals surface area contributed by atoms with Crippen molar-refractivity contribution in [3.05, 3.63) is 53.4 Å². The van der Waals surface area contributed by atoms with Crippen LogP contribution >= 0.6 is 0 Å². The highest BCUT2D eigenvalue weighted by molar-refractivity contribution is 5.97. The minimum atomic E-state index is -1.11. The second-order valence-electron chi connectivity index (χ2n) is 6.91. The molecule has 1 fully saturated rings. The number of hydrogen-bond acceptors (Lipinski definition) is 5. The van der Waals surface area contributed by atoms with E-state index in [1.54, 1.807) is 6.92 Å². The lowest BCUT2D eigenvalue weighted by Gasteiger charge is -2.23. The molecule has 2 amide bonds. The third kappa shape index (κ3) is 3.91. The largest absolute Gasteiger partial charge is 0.493 e. The minimum Gasteiger partial charge on any atom is -0.493 e. The molecule has 1 saturated heterocycles. The molecule has 1 aliphatic rings. The quantitative estimate of drug-likeness (QED) is 0.796. The fraction of sp³-hybridized carbons (Fsp3) is 0.350. The number of pyridine rings is 1. The molecule has 2 heterocycles. The van der Waals surface area contributed by atoms with E-state index in [0.29, 0.717) is 11.3 Å². The zero-order chi connectivity index (χ0) is 21.3. The first-order chi connectivity index (χ1) is 13.7. The van der Waals surface area contributed by atoms with Crippen LogP contribution in [0.3, 0.4) is 0 Å². The number of carbonyl (C=O) groups is 2. The van der Waals surface area contributed by atoms with Gasteiger partial charge >= 0.3 is 0 Å². The van der Waals surface area contributed by atoms with E-state index in [4.69, 9.17) is 15.2 Å². The maximum Gasteiger partial charge on any atom is 0.267 e. The number of carbonyl (C=O) groups excluding carboxylic acids is 2. The van der Waals surface area contributed by atoms with Crippen molar-refractivity contribution in [2.45, 2.75) is 32.0 Å². The number of halogens is 2. The van der Waals surface area contributed by atoms with Gasteiger partial charge in [0, 0.05) is 23.4 Å². The van der Waals surface area contributed by atoms with E-state index in [1.165, 1.54) is 31.5 Å². The summed E-state index contributed by atoms with van der Waals surface area (Å²) >= 11 is 0. The molecule has 9 heteroatoms. The lowest BCUT2D eigenvalue weighted by molar-refractivity contribution is -0.127. The number of hydrogen-bond donors (Lipinski definition) is 2. The first-order valence-electron chi connectivity index (χ1n) is 8.98. The number of amides is 2. The van der Waals surface area contributed by atoms with Crippen molar-refractivity contribution in [1.82, 2.24) is 4.98 Å². The Morgan fingerprint density at radius 1 is 1.24 bits per heavy atom. The van der Waals surface area contributed by atoms with Gasteiger partial charge in [0.25, 0.3) is 11.8 Å². The summed E-state index contributed by atoms with van der Waals surface area (Å²) in [4.78, 5) is 28.1. The van der Waals surface area contributed by atoms with Gasteiger partial charge in [-0.3, -0.25) is 14.6 Å². The third-order valence-electron chi connectivity index (χ3n) is 5.18. The van der Waals surface area contributed by atoms with Gasteiger partial charge in [-0.2, -0.15) is 4.39 Å². The Balaban J connectivity index is 1.94. The molecule has 4 atom stereocenters. The zero-order valence-corrected chi connectivity index (χ0v) is 16.1. The van der Waals surface area contributed by atoms with Crippen LogP contribution in [0.25, 0.3) is 0 Å². The molecule has 2 aromatic rings. The zero-order valence-electron chi connectivity index (χ0n) is 16.1. The van der Waals surface area contributed by atoms with Crippen LogP contribution in [0.15, 0.2) is 30.5 Å². The van der Waals surface area contributed by atoms with Crippen molar-refractivity contribution in [3.63, 3.8) is 0 Å². The number of anilines is 1. The average Bonchev–Trinajstić information content (AvgIpc) is 2.99. The van der Waals surface area contributed by atoms with Gasteiger partial charge in [-0.1, -0.05) is 13.0 Å². The van der Waals surface area contributed by atoms with Crippen LogP contribution in [0.1, 0.15) is 35.8 Å². The summed E-state index contributed by atoms with van der Waals surface area (Å²) in [6.45, 7) is 3.66. The maximum absolute atomic E-state index is 14.2. The Kier molecular flexibility index (Phi) is 5.78. The molecule has 1 aromatic carbocycles. The van der Waals surface area contributed by atoms with Gasteiger partial charge < -0.3 is 20.5 Å². The van der Waals surface area contributed by atoms with Crippen LogP contribution in [-0.4, -0.2) is 36.1 Å². The highest BCUT2D eigenvalue weighted by Crippen LogP contribution is 2.44. The van der Waals surface area contributed by atoms with Crippen molar-refractivity contribution in [2.75, 3.05) is 12.4 Å². The Hall–Kier alpha value is -3.07. The first-order valence-corrected chi connectivity index (χ1v) is 8.98. The molecule has 0 unspecified atom stereocenters. The van der Waals surface area contributed by atoms with Gasteiger partial charge in [-0.05, 0) is 31.0 Å². The number of aromatic nitrogens is 1. The van der Waals surface area contributed by atoms with E-state index >= 15 is 0 Å². The third-order valence-corrected chi connectivity index (χ3v) is 5.18. The Labute approximate surface area is 166 Å². The molecule has 1 aliphatic heterocycles. The Bertz CT molecular complexity index is 953. The van der Waals surface area contributed by atoms with E-state index in [0.717, 1.165) is 6.07 Å². The van der Waals surface area contributed by atoms with E-state index in [2.05, 4.69) is 10.3 Å². The summed E-state index contributed by atoms with van der Waals surface area (Å²) in [5, 5.41) is 2.66. The summed E-state index contributed by atoms with van der Waals surface area (Å²) in [6, 6.07) is 5.24. The molecule has 154 valence electrons. The molecule has 0 saturated carbocycles. The molecule has 3 N–H and O–H groups in total. The van der Waals surface area contributed by atoms with Gasteiger partial charge in [0.1, 0.15) is 11.8 Å². The van der Waals surface area contributed by atoms with Gasteiger partial charge in [-0.25, -0.2) is 4.39 Å². The van der Waals surface area contributed by atoms with Gasteiger partial charge in [0.2, 0.25) is 5.82 Å². The van der Waals surface area contributed by atoms with Crippen LogP contribution in [0.2, 0.25) is 0 Å². The molecule has 0 bridgehead atoms. The van der Waals surface area contributed by atoms with Crippen LogP contribution in [0, 0.1) is 17.6 Å². The molecule has 0 spiro atoms. The second-order valence-corrected chi connectivity index (χ2v) is 6.91. The molecule has 1 aromatic heterocycles. The number of nitrogens with zero attached hydrogens (tertiary/aromatic N) is 1. The van der Waals surface area contributed by atoms with E-state index < -0.39 is 35.5 Å². The number of nitrogens with two attached hydrogens (primary N) is 1. The average molecular weight is 405 g/mol. The van der Waals surface area contributed by atoms with Crippen LogP contribution in [0.5, 0.6) is 5.75 Å². The molecule has 29 heavy (non-hydrogen) atoms. The van der Waals surface area contributed by atoms with E-state index in [9.17, 15) is 18.4 Å². The summed E-state index contributed by atoms with van der Waals surface area (Å²) in [5.74, 6) is -4.39. The molecular weight excluding hydrogens is 384 g/mol. The van der Waals surface area contributed by atoms with Crippen molar-refractivity contribution < 1.29 is 27.8 Å². The standard InChI is InChI=1S/C20H21F2N3O4/c1-9-10(2)29-18(15(9)12-4-5-13(21)16(22)17(12)28-3)20(27)25-11-6-7-24-14(8-11)19(23)26/h4-10,15,18H,1-3H3,(H2,23,26)(H,24,25,27)/t9-,10-,15-,18+/m0/s1. The topological polar surface area (TPSA) is 104 Å². The Morgan fingerprint density at radius 2 is 1.97 bits per heavy atom. The predicted octanol–water partition coefficient (Wildman–Crippen LogP) is 2.61. The summed E-state index contributed by atoms with van der Waals surface area (Å²) < 4.78 is 38.8. The monoisotopic (exact) mass is 405 g/mol. The number of ether oxygens (including phenoxy) is 2. The molecule has 3 rings (SSSR count). The molecule has 0 radical (unpaired) electrons. The lowest BCUT2D eigenvalue weighted by Crippen LogP contribution is -2.33. The van der Waals surface area contributed by atoms with E-state index in [-0.39, 0.29) is 23.5 Å². The van der Waals surface area contributed by atoms with Crippen LogP contribution < -0.4 is 15.8 Å². The number of primary amides is 1. The smallest absolute Gasteiger partial charge is 0.267 e. The number of methoxy groups -OCH3 is 1. The highest BCUT2D eigenvalue weighted by Gasteiger charge is 2.46. The second kappa shape index (κ2) is 8.12. The fourth-order valence-electron chi connectivity index (χ4n) is 3.55. The van der Waals surface area contributed by atoms with E-state index in [1.807, 2.05) is 6.92 Å².